The van der Waals surface area contributed by atoms with Gasteiger partial charge >= 0.3 is 6.18 Å². The number of likely N-dealkylation sites (tertiary alicyclic amines) is 1. The maximum absolute atomic E-state index is 13.2. The number of oxazole rings is 1. The second-order valence-corrected chi connectivity index (χ2v) is 6.18. The van der Waals surface area contributed by atoms with Gasteiger partial charge in [0, 0.05) is 18.7 Å². The van der Waals surface area contributed by atoms with E-state index < -0.39 is 11.7 Å². The van der Waals surface area contributed by atoms with E-state index in [9.17, 15) is 18.4 Å². The highest BCUT2D eigenvalue weighted by atomic mass is 19.4. The third kappa shape index (κ3) is 4.17. The predicted molar refractivity (Wildman–Crippen MR) is 90.4 cm³/mol. The average Bonchev–Trinajstić information content (AvgIpc) is 3.05. The van der Waals surface area contributed by atoms with Crippen LogP contribution >= 0.6 is 0 Å². The Labute approximate surface area is 149 Å². The third-order valence-corrected chi connectivity index (χ3v) is 4.36. The molecule has 5 nitrogen and oxygen atoms in total. The zero-order chi connectivity index (χ0) is 18.6. The average molecular weight is 364 g/mol. The van der Waals surface area contributed by atoms with Crippen molar-refractivity contribution in [3.05, 3.63) is 35.5 Å². The number of hydrogen-bond acceptors (Lipinski definition) is 5. The molecule has 3 rings (SSSR count). The lowest BCUT2D eigenvalue weighted by molar-refractivity contribution is -0.137. The van der Waals surface area contributed by atoms with Crippen molar-refractivity contribution in [2.24, 2.45) is 0 Å². The minimum Gasteiger partial charge on any atom is -0.419 e. The monoisotopic (exact) mass is 364 g/mol. The van der Waals surface area contributed by atoms with E-state index >= 15 is 0 Å². The Morgan fingerprint density at radius 1 is 1.19 bits per heavy atom. The second kappa shape index (κ2) is 7.79. The molecule has 1 aliphatic rings. The zero-order valence-electron chi connectivity index (χ0n) is 14.1. The van der Waals surface area contributed by atoms with E-state index in [1.54, 1.807) is 0 Å². The summed E-state index contributed by atoms with van der Waals surface area (Å²) >= 11 is 0. The minimum absolute atomic E-state index is 0.0457. The fraction of sp³-hybridized carbons (Fsp3) is 0.444. The van der Waals surface area contributed by atoms with Crippen LogP contribution in [0.1, 0.15) is 30.5 Å². The molecule has 1 saturated heterocycles. The lowest BCUT2D eigenvalue weighted by Gasteiger charge is -2.26. The van der Waals surface area contributed by atoms with E-state index in [0.29, 0.717) is 6.54 Å². The maximum atomic E-state index is 13.2. The Morgan fingerprint density at radius 3 is 2.62 bits per heavy atom. The van der Waals surface area contributed by atoms with Crippen LogP contribution in [0.5, 0.6) is 0 Å². The highest BCUT2D eigenvalue weighted by Crippen LogP contribution is 2.37. The first kappa shape index (κ1) is 18.3. The summed E-state index contributed by atoms with van der Waals surface area (Å²) in [5, 5.41) is 12.2. The van der Waals surface area contributed by atoms with E-state index in [0.717, 1.165) is 25.7 Å². The second-order valence-electron chi connectivity index (χ2n) is 6.18. The van der Waals surface area contributed by atoms with E-state index in [1.165, 1.54) is 37.5 Å². The Hall–Kier alpha value is -2.53. The number of nitriles is 1. The van der Waals surface area contributed by atoms with Crippen LogP contribution in [0.15, 0.2) is 28.7 Å². The van der Waals surface area contributed by atoms with Crippen molar-refractivity contribution >= 4 is 5.88 Å². The summed E-state index contributed by atoms with van der Waals surface area (Å²) in [6.07, 6.45) is -0.944. The van der Waals surface area contributed by atoms with Gasteiger partial charge in [0.05, 0.1) is 5.56 Å². The molecule has 1 aromatic carbocycles. The molecule has 0 amide bonds. The third-order valence-electron chi connectivity index (χ3n) is 4.36. The molecule has 1 fully saturated rings. The van der Waals surface area contributed by atoms with Crippen molar-refractivity contribution in [1.82, 2.24) is 9.88 Å². The maximum Gasteiger partial charge on any atom is 0.417 e. The molecule has 138 valence electrons. The number of benzene rings is 1. The standard InChI is InChI=1S/C18H19F3N4O/c19-18(20,21)14-7-3-2-6-13(14)16-24-15(12-22)17(26-16)23-8-11-25-9-4-1-5-10-25/h2-3,6-7,23H,1,4-5,8-11H2. The number of rotatable bonds is 5. The Kier molecular flexibility index (Phi) is 5.47. The van der Waals surface area contributed by atoms with Gasteiger partial charge in [0.25, 0.3) is 0 Å². The molecule has 1 aliphatic heterocycles. The Morgan fingerprint density at radius 2 is 1.92 bits per heavy atom. The summed E-state index contributed by atoms with van der Waals surface area (Å²) in [6, 6.07) is 6.90. The highest BCUT2D eigenvalue weighted by molar-refractivity contribution is 5.63. The van der Waals surface area contributed by atoms with Crippen molar-refractivity contribution in [3.8, 4) is 17.5 Å². The summed E-state index contributed by atoms with van der Waals surface area (Å²) in [6.45, 7) is 3.38. The highest BCUT2D eigenvalue weighted by Gasteiger charge is 2.35. The van der Waals surface area contributed by atoms with Crippen LogP contribution in [0.4, 0.5) is 19.1 Å². The lowest BCUT2D eigenvalue weighted by Crippen LogP contribution is -2.33. The molecule has 0 radical (unpaired) electrons. The number of halogens is 3. The number of nitrogens with one attached hydrogen (secondary N) is 1. The predicted octanol–water partition coefficient (Wildman–Crippen LogP) is 4.13. The Bertz CT molecular complexity index is 788. The van der Waals surface area contributed by atoms with E-state index in [2.05, 4.69) is 15.2 Å². The largest absolute Gasteiger partial charge is 0.419 e. The zero-order valence-corrected chi connectivity index (χ0v) is 14.1. The molecule has 1 aromatic heterocycles. The van der Waals surface area contributed by atoms with Gasteiger partial charge in [-0.1, -0.05) is 18.6 Å². The number of anilines is 1. The van der Waals surface area contributed by atoms with Crippen molar-refractivity contribution in [2.45, 2.75) is 25.4 Å². The lowest BCUT2D eigenvalue weighted by atomic mass is 10.1. The van der Waals surface area contributed by atoms with Gasteiger partial charge in [-0.3, -0.25) is 0 Å². The quantitative estimate of drug-likeness (QED) is 0.864. The first-order valence-corrected chi connectivity index (χ1v) is 8.53. The number of alkyl halides is 3. The van der Waals surface area contributed by atoms with Crippen molar-refractivity contribution < 1.29 is 17.6 Å². The van der Waals surface area contributed by atoms with E-state index in [4.69, 9.17) is 4.42 Å². The van der Waals surface area contributed by atoms with Crippen LogP contribution in [0, 0.1) is 11.3 Å². The summed E-state index contributed by atoms with van der Waals surface area (Å²) in [4.78, 5) is 6.24. The SMILES string of the molecule is N#Cc1nc(-c2ccccc2C(F)(F)F)oc1NCCN1CCCCC1. The molecule has 1 N–H and O–H groups in total. The van der Waals surface area contributed by atoms with Crippen LogP contribution in [-0.2, 0) is 6.18 Å². The van der Waals surface area contributed by atoms with Gasteiger partial charge in [-0.05, 0) is 38.1 Å². The van der Waals surface area contributed by atoms with Crippen LogP contribution in [0.2, 0.25) is 0 Å². The molecule has 0 spiro atoms. The van der Waals surface area contributed by atoms with Gasteiger partial charge in [0.2, 0.25) is 17.5 Å². The molecule has 2 heterocycles. The summed E-state index contributed by atoms with van der Waals surface area (Å²) in [5.41, 5.74) is -1.07. The van der Waals surface area contributed by atoms with E-state index in [-0.39, 0.29) is 23.0 Å². The van der Waals surface area contributed by atoms with Gasteiger partial charge in [-0.2, -0.15) is 23.4 Å². The number of aromatic nitrogens is 1. The van der Waals surface area contributed by atoms with Gasteiger partial charge in [-0.15, -0.1) is 0 Å². The first-order chi connectivity index (χ1) is 12.5. The van der Waals surface area contributed by atoms with Gasteiger partial charge in [-0.25, -0.2) is 0 Å². The van der Waals surface area contributed by atoms with Crippen LogP contribution in [0.3, 0.4) is 0 Å². The van der Waals surface area contributed by atoms with Gasteiger partial charge in [0.15, 0.2) is 0 Å². The minimum atomic E-state index is -4.53. The molecule has 0 atom stereocenters. The molecule has 0 unspecified atom stereocenters. The number of piperidine rings is 1. The van der Waals surface area contributed by atoms with Gasteiger partial charge < -0.3 is 14.6 Å². The van der Waals surface area contributed by atoms with E-state index in [1.807, 2.05) is 6.07 Å². The van der Waals surface area contributed by atoms with Crippen LogP contribution in [-0.4, -0.2) is 36.1 Å². The summed E-state index contributed by atoms with van der Waals surface area (Å²) < 4.78 is 45.0. The number of nitrogens with zero attached hydrogens (tertiary/aromatic N) is 3. The van der Waals surface area contributed by atoms with Crippen molar-refractivity contribution in [1.29, 1.82) is 5.26 Å². The van der Waals surface area contributed by atoms with Crippen molar-refractivity contribution in [2.75, 3.05) is 31.5 Å². The topological polar surface area (TPSA) is 65.1 Å². The normalized spacial score (nSPS) is 15.6. The number of hydrogen-bond donors (Lipinski definition) is 1. The fourth-order valence-corrected chi connectivity index (χ4v) is 3.06. The molecule has 26 heavy (non-hydrogen) atoms. The molecule has 2 aromatic rings. The molecule has 0 saturated carbocycles. The van der Waals surface area contributed by atoms with Crippen LogP contribution in [0.25, 0.3) is 11.5 Å². The van der Waals surface area contributed by atoms with Gasteiger partial charge in [0.1, 0.15) is 6.07 Å². The molecule has 0 bridgehead atoms. The fourth-order valence-electron chi connectivity index (χ4n) is 3.06. The molecule has 8 heteroatoms. The van der Waals surface area contributed by atoms with Crippen LogP contribution < -0.4 is 5.32 Å². The molecule has 0 aliphatic carbocycles. The van der Waals surface area contributed by atoms with Crippen molar-refractivity contribution in [3.63, 3.8) is 0 Å². The smallest absolute Gasteiger partial charge is 0.417 e. The summed E-state index contributed by atoms with van der Waals surface area (Å²) in [7, 11) is 0. The Balaban J connectivity index is 1.76. The summed E-state index contributed by atoms with van der Waals surface area (Å²) in [5.74, 6) is -0.105. The molecular formula is C18H19F3N4O. The molecular weight excluding hydrogens is 345 g/mol. The first-order valence-electron chi connectivity index (χ1n) is 8.53.